The van der Waals surface area contributed by atoms with Crippen LogP contribution in [0.4, 0.5) is 0 Å². The first kappa shape index (κ1) is 22.1. The monoisotopic (exact) mass is 517 g/mol. The number of hydrogen-bond donors (Lipinski definition) is 2. The zero-order valence-corrected chi connectivity index (χ0v) is 19.5. The number of nitrogens with zero attached hydrogens (tertiary/aromatic N) is 3. The molecule has 1 aromatic heterocycles. The number of imidazole rings is 1. The molecule has 3 aromatic rings. The molecule has 0 radical (unpaired) electrons. The van der Waals surface area contributed by atoms with E-state index in [-0.39, 0.29) is 24.0 Å². The van der Waals surface area contributed by atoms with Crippen LogP contribution in [0.15, 0.2) is 66.2 Å². The Morgan fingerprint density at radius 1 is 1.20 bits per heavy atom. The van der Waals surface area contributed by atoms with E-state index in [4.69, 9.17) is 9.73 Å². The van der Waals surface area contributed by atoms with Crippen molar-refractivity contribution in [1.29, 1.82) is 0 Å². The third-order valence-electron chi connectivity index (χ3n) is 4.99. The third-order valence-corrected chi connectivity index (χ3v) is 4.99. The van der Waals surface area contributed by atoms with Crippen LogP contribution >= 0.6 is 24.0 Å². The number of rotatable bonds is 7. The molecule has 4 rings (SSSR count). The lowest BCUT2D eigenvalue weighted by Crippen LogP contribution is -2.38. The van der Waals surface area contributed by atoms with E-state index < -0.39 is 0 Å². The van der Waals surface area contributed by atoms with Crippen molar-refractivity contribution in [2.45, 2.75) is 26.3 Å². The molecular formula is C23H28IN5O. The Kier molecular flexibility index (Phi) is 8.12. The lowest BCUT2D eigenvalue weighted by atomic mass is 10.1. The lowest BCUT2D eigenvalue weighted by Gasteiger charge is -2.13. The molecule has 0 unspecified atom stereocenters. The van der Waals surface area contributed by atoms with Crippen molar-refractivity contribution in [2.75, 3.05) is 19.7 Å². The number of aromatic nitrogens is 2. The highest BCUT2D eigenvalue weighted by atomic mass is 127. The zero-order valence-electron chi connectivity index (χ0n) is 17.2. The number of para-hydroxylation sites is 1. The second kappa shape index (κ2) is 11.0. The molecule has 30 heavy (non-hydrogen) atoms. The standard InChI is InChI=1S/C23H27N5O.HI/c1-2-25-23(26-11-9-18-7-8-22-19(15-18)10-14-29-22)27-16-20-5-3-4-6-21(20)28-13-12-24-17-28;/h3-8,12-13,15,17H,2,9-11,14,16H2,1H3,(H2,25,26,27);1H. The van der Waals surface area contributed by atoms with Gasteiger partial charge in [0.2, 0.25) is 0 Å². The maximum atomic E-state index is 5.59. The van der Waals surface area contributed by atoms with Crippen molar-refractivity contribution in [2.24, 2.45) is 4.99 Å². The van der Waals surface area contributed by atoms with E-state index in [0.717, 1.165) is 55.5 Å². The molecule has 0 atom stereocenters. The SMILES string of the molecule is CCNC(=NCc1ccccc1-n1ccnc1)NCCc1ccc2c(c1)CCO2.I. The first-order valence-electron chi connectivity index (χ1n) is 10.2. The molecular weight excluding hydrogens is 489 g/mol. The van der Waals surface area contributed by atoms with E-state index in [0.29, 0.717) is 6.54 Å². The van der Waals surface area contributed by atoms with Crippen LogP contribution in [0.1, 0.15) is 23.6 Å². The summed E-state index contributed by atoms with van der Waals surface area (Å²) in [6.45, 7) is 5.13. The summed E-state index contributed by atoms with van der Waals surface area (Å²) in [6.07, 6.45) is 7.51. The Labute approximate surface area is 194 Å². The Bertz CT molecular complexity index is 971. The molecule has 0 spiro atoms. The summed E-state index contributed by atoms with van der Waals surface area (Å²) in [6, 6.07) is 14.8. The van der Waals surface area contributed by atoms with Gasteiger partial charge in [-0.2, -0.15) is 0 Å². The lowest BCUT2D eigenvalue weighted by molar-refractivity contribution is 0.357. The molecule has 158 valence electrons. The largest absolute Gasteiger partial charge is 0.493 e. The second-order valence-electron chi connectivity index (χ2n) is 7.01. The average molecular weight is 517 g/mol. The molecule has 2 heterocycles. The van der Waals surface area contributed by atoms with Crippen molar-refractivity contribution < 1.29 is 4.74 Å². The minimum absolute atomic E-state index is 0. The minimum Gasteiger partial charge on any atom is -0.493 e. The van der Waals surface area contributed by atoms with Crippen molar-refractivity contribution >= 4 is 29.9 Å². The van der Waals surface area contributed by atoms with Crippen LogP contribution in [0.3, 0.4) is 0 Å². The molecule has 2 N–H and O–H groups in total. The van der Waals surface area contributed by atoms with Crippen LogP contribution in [0.25, 0.3) is 5.69 Å². The zero-order chi connectivity index (χ0) is 19.9. The number of aliphatic imine (C=N–C) groups is 1. The van der Waals surface area contributed by atoms with Gasteiger partial charge >= 0.3 is 0 Å². The van der Waals surface area contributed by atoms with Gasteiger partial charge in [0.25, 0.3) is 0 Å². The summed E-state index contributed by atoms with van der Waals surface area (Å²) in [5.41, 5.74) is 4.90. The van der Waals surface area contributed by atoms with Gasteiger partial charge in [-0.25, -0.2) is 9.98 Å². The number of nitrogens with one attached hydrogen (secondary N) is 2. The summed E-state index contributed by atoms with van der Waals surface area (Å²) < 4.78 is 7.60. The second-order valence-corrected chi connectivity index (χ2v) is 7.01. The summed E-state index contributed by atoms with van der Waals surface area (Å²) in [4.78, 5) is 8.93. The molecule has 0 saturated heterocycles. The predicted molar refractivity (Wildman–Crippen MR) is 131 cm³/mol. The molecule has 0 fully saturated rings. The highest BCUT2D eigenvalue weighted by Gasteiger charge is 2.11. The van der Waals surface area contributed by atoms with Crippen LogP contribution in [0.5, 0.6) is 5.75 Å². The maximum Gasteiger partial charge on any atom is 0.191 e. The van der Waals surface area contributed by atoms with Gasteiger partial charge in [-0.05, 0) is 42.2 Å². The highest BCUT2D eigenvalue weighted by molar-refractivity contribution is 14.0. The van der Waals surface area contributed by atoms with Gasteiger partial charge in [-0.1, -0.05) is 30.3 Å². The topological polar surface area (TPSA) is 63.5 Å². The average Bonchev–Trinajstić information content (AvgIpc) is 3.44. The maximum absolute atomic E-state index is 5.59. The predicted octanol–water partition coefficient (Wildman–Crippen LogP) is 3.72. The van der Waals surface area contributed by atoms with Crippen LogP contribution in [0.2, 0.25) is 0 Å². The normalized spacial score (nSPS) is 12.6. The van der Waals surface area contributed by atoms with E-state index in [9.17, 15) is 0 Å². The Morgan fingerprint density at radius 2 is 2.10 bits per heavy atom. The Balaban J connectivity index is 0.00000256. The fraction of sp³-hybridized carbons (Fsp3) is 0.304. The number of halogens is 1. The fourth-order valence-electron chi connectivity index (χ4n) is 3.52. The highest BCUT2D eigenvalue weighted by Crippen LogP contribution is 2.25. The molecule has 2 aromatic carbocycles. The van der Waals surface area contributed by atoms with Crippen molar-refractivity contribution in [3.63, 3.8) is 0 Å². The summed E-state index contributed by atoms with van der Waals surface area (Å²) in [5, 5.41) is 6.78. The number of benzene rings is 2. The van der Waals surface area contributed by atoms with Gasteiger partial charge in [0.05, 0.1) is 25.2 Å². The first-order chi connectivity index (χ1) is 14.3. The van der Waals surface area contributed by atoms with Crippen molar-refractivity contribution in [3.05, 3.63) is 77.9 Å². The van der Waals surface area contributed by atoms with Crippen molar-refractivity contribution in [1.82, 2.24) is 20.2 Å². The molecule has 1 aliphatic rings. The Morgan fingerprint density at radius 3 is 2.93 bits per heavy atom. The van der Waals surface area contributed by atoms with Crippen LogP contribution < -0.4 is 15.4 Å². The molecule has 0 amide bonds. The van der Waals surface area contributed by atoms with Gasteiger partial charge in [-0.15, -0.1) is 24.0 Å². The summed E-state index contributed by atoms with van der Waals surface area (Å²) in [7, 11) is 0. The molecule has 0 bridgehead atoms. The summed E-state index contributed by atoms with van der Waals surface area (Å²) >= 11 is 0. The van der Waals surface area contributed by atoms with Crippen molar-refractivity contribution in [3.8, 4) is 11.4 Å². The van der Waals surface area contributed by atoms with Gasteiger partial charge < -0.3 is 19.9 Å². The van der Waals surface area contributed by atoms with E-state index in [1.165, 1.54) is 11.1 Å². The van der Waals surface area contributed by atoms with Crippen LogP contribution in [-0.2, 0) is 19.4 Å². The van der Waals surface area contributed by atoms with Crippen LogP contribution in [0, 0.1) is 0 Å². The fourth-order valence-corrected chi connectivity index (χ4v) is 3.52. The smallest absolute Gasteiger partial charge is 0.191 e. The first-order valence-corrected chi connectivity index (χ1v) is 10.2. The molecule has 0 saturated carbocycles. The van der Waals surface area contributed by atoms with E-state index >= 15 is 0 Å². The molecule has 1 aliphatic heterocycles. The molecule has 7 heteroatoms. The number of fused-ring (bicyclic) bond motifs is 1. The number of guanidine groups is 1. The van der Waals surface area contributed by atoms with E-state index in [2.05, 4.69) is 52.9 Å². The van der Waals surface area contributed by atoms with Crippen LogP contribution in [-0.4, -0.2) is 35.2 Å². The van der Waals surface area contributed by atoms with Gasteiger partial charge in [-0.3, -0.25) is 0 Å². The van der Waals surface area contributed by atoms with Gasteiger partial charge in [0.1, 0.15) is 5.75 Å². The minimum atomic E-state index is 0. The van der Waals surface area contributed by atoms with Gasteiger partial charge in [0.15, 0.2) is 5.96 Å². The van der Waals surface area contributed by atoms with E-state index in [1.54, 1.807) is 6.20 Å². The number of hydrogen-bond acceptors (Lipinski definition) is 3. The number of ether oxygens (including phenoxy) is 1. The van der Waals surface area contributed by atoms with E-state index in [1.807, 2.05) is 29.2 Å². The molecule has 6 nitrogen and oxygen atoms in total. The quantitative estimate of drug-likeness (QED) is 0.285. The summed E-state index contributed by atoms with van der Waals surface area (Å²) in [5.74, 6) is 1.87. The Hall–Kier alpha value is -2.55. The molecule has 0 aliphatic carbocycles. The van der Waals surface area contributed by atoms with Gasteiger partial charge in [0, 0.05) is 31.9 Å². The third kappa shape index (κ3) is 5.53.